The minimum Gasteiger partial charge on any atom is -0.480 e. The van der Waals surface area contributed by atoms with Crippen LogP contribution in [0.5, 0.6) is 0 Å². The number of amides is 2. The van der Waals surface area contributed by atoms with Crippen molar-refractivity contribution < 1.29 is 24.2 Å². The molecule has 0 saturated carbocycles. The number of nitrogens with zero attached hydrogens (tertiary/aromatic N) is 1. The Morgan fingerprint density at radius 2 is 1.96 bits per heavy atom. The summed E-state index contributed by atoms with van der Waals surface area (Å²) in [6.45, 7) is 7.20. The molecule has 0 aliphatic carbocycles. The van der Waals surface area contributed by atoms with E-state index in [-0.39, 0.29) is 11.9 Å². The van der Waals surface area contributed by atoms with Gasteiger partial charge in [-0.2, -0.15) is 0 Å². The zero-order chi connectivity index (χ0) is 18.8. The molecule has 3 atom stereocenters. The van der Waals surface area contributed by atoms with Gasteiger partial charge >= 0.3 is 12.1 Å². The van der Waals surface area contributed by atoms with E-state index in [2.05, 4.69) is 5.32 Å². The molecule has 0 unspecified atom stereocenters. The first-order chi connectivity index (χ1) is 11.6. The number of aliphatic carboxylic acids is 1. The van der Waals surface area contributed by atoms with Crippen LogP contribution in [-0.2, 0) is 14.3 Å². The van der Waals surface area contributed by atoms with Crippen LogP contribution in [0, 0.1) is 0 Å². The lowest BCUT2D eigenvalue weighted by Crippen LogP contribution is -2.55. The normalized spacial score (nSPS) is 29.0. The first kappa shape index (κ1) is 19.3. The zero-order valence-electron chi connectivity index (χ0n) is 15.4. The van der Waals surface area contributed by atoms with Gasteiger partial charge in [0.1, 0.15) is 17.7 Å². The minimum atomic E-state index is -0.991. The van der Waals surface area contributed by atoms with Gasteiger partial charge in [-0.15, -0.1) is 0 Å². The second kappa shape index (κ2) is 7.45. The Hall–Kier alpha value is -2.05. The topological polar surface area (TPSA) is 95.9 Å². The Morgan fingerprint density at radius 3 is 2.52 bits per heavy atom. The van der Waals surface area contributed by atoms with Gasteiger partial charge in [0, 0.05) is 6.04 Å². The van der Waals surface area contributed by atoms with E-state index in [1.165, 1.54) is 10.5 Å². The van der Waals surface area contributed by atoms with Crippen LogP contribution >= 0.6 is 0 Å². The average Bonchev–Trinajstić information content (AvgIpc) is 2.89. The summed E-state index contributed by atoms with van der Waals surface area (Å²) >= 11 is 0. The number of hydrogen-bond donors (Lipinski definition) is 2. The molecule has 140 valence electrons. The standard InChI is InChI=1S/C18H28N2O5/c1-5-11-6-8-13(19-17(24)25-18(2,3)4)15(21)20-12(10-11)7-9-14(20)16(22)23/h5,12-14H,6-10H2,1-4H3,(H,19,24)(H,22,23)/b11-5+/t12-,13+,14+/m1/s1. The third kappa shape index (κ3) is 4.74. The fourth-order valence-electron chi connectivity index (χ4n) is 3.54. The molecule has 0 radical (unpaired) electrons. The highest BCUT2D eigenvalue weighted by Crippen LogP contribution is 2.33. The lowest BCUT2D eigenvalue weighted by Gasteiger charge is -2.35. The van der Waals surface area contributed by atoms with Crippen molar-refractivity contribution in [3.8, 4) is 0 Å². The van der Waals surface area contributed by atoms with Gasteiger partial charge in [-0.3, -0.25) is 4.79 Å². The average molecular weight is 352 g/mol. The molecule has 0 aromatic heterocycles. The molecule has 2 amide bonds. The lowest BCUT2D eigenvalue weighted by atomic mass is 9.94. The highest BCUT2D eigenvalue weighted by atomic mass is 16.6. The van der Waals surface area contributed by atoms with Gasteiger partial charge < -0.3 is 20.1 Å². The van der Waals surface area contributed by atoms with Gasteiger partial charge in [0.05, 0.1) is 0 Å². The summed E-state index contributed by atoms with van der Waals surface area (Å²) in [5, 5.41) is 12.1. The summed E-state index contributed by atoms with van der Waals surface area (Å²) in [6, 6.07) is -1.72. The smallest absolute Gasteiger partial charge is 0.408 e. The molecule has 0 bridgehead atoms. The van der Waals surface area contributed by atoms with Crippen molar-refractivity contribution in [2.45, 2.75) is 83.5 Å². The number of fused-ring (bicyclic) bond motifs is 1. The van der Waals surface area contributed by atoms with E-state index in [1.54, 1.807) is 20.8 Å². The summed E-state index contributed by atoms with van der Waals surface area (Å²) < 4.78 is 5.25. The SMILES string of the molecule is C/C=C1\CC[C@H](NC(=O)OC(C)(C)C)C(=O)N2[C@H](CC[C@H]2C(=O)O)C1. The molecule has 2 fully saturated rings. The minimum absolute atomic E-state index is 0.122. The molecule has 0 aromatic rings. The fraction of sp³-hybridized carbons (Fsp3) is 0.722. The van der Waals surface area contributed by atoms with Gasteiger partial charge in [-0.05, 0) is 59.8 Å². The van der Waals surface area contributed by atoms with Crippen molar-refractivity contribution in [2.24, 2.45) is 0 Å². The maximum atomic E-state index is 13.0. The number of carboxylic acid groups (broad SMARTS) is 1. The Bertz CT molecular complexity index is 579. The number of allylic oxidation sites excluding steroid dienone is 1. The van der Waals surface area contributed by atoms with Crippen molar-refractivity contribution in [1.82, 2.24) is 10.2 Å². The number of alkyl carbamates (subject to hydrolysis) is 1. The molecule has 2 aliphatic rings. The van der Waals surface area contributed by atoms with Gasteiger partial charge in [0.15, 0.2) is 0 Å². The first-order valence-electron chi connectivity index (χ1n) is 8.81. The second-order valence-electron chi connectivity index (χ2n) is 7.72. The van der Waals surface area contributed by atoms with Crippen molar-refractivity contribution in [3.63, 3.8) is 0 Å². The molecule has 2 aliphatic heterocycles. The quantitative estimate of drug-likeness (QED) is 0.744. The third-order valence-corrected chi connectivity index (χ3v) is 4.69. The molecule has 7 heteroatoms. The van der Waals surface area contributed by atoms with E-state index in [9.17, 15) is 19.5 Å². The Morgan fingerprint density at radius 1 is 1.28 bits per heavy atom. The lowest BCUT2D eigenvalue weighted by molar-refractivity contribution is -0.150. The van der Waals surface area contributed by atoms with Crippen molar-refractivity contribution in [1.29, 1.82) is 0 Å². The fourth-order valence-corrected chi connectivity index (χ4v) is 3.54. The molecular formula is C18H28N2O5. The summed E-state index contributed by atoms with van der Waals surface area (Å²) in [5.74, 6) is -1.31. The van der Waals surface area contributed by atoms with Crippen LogP contribution < -0.4 is 5.32 Å². The molecule has 7 nitrogen and oxygen atoms in total. The maximum Gasteiger partial charge on any atom is 0.408 e. The van der Waals surface area contributed by atoms with Crippen LogP contribution in [0.15, 0.2) is 11.6 Å². The summed E-state index contributed by atoms with van der Waals surface area (Å²) in [4.78, 5) is 38.1. The van der Waals surface area contributed by atoms with Crippen LogP contribution in [0.25, 0.3) is 0 Å². The molecule has 2 rings (SSSR count). The van der Waals surface area contributed by atoms with E-state index in [4.69, 9.17) is 4.74 Å². The third-order valence-electron chi connectivity index (χ3n) is 4.69. The number of carbonyl (C=O) groups excluding carboxylic acids is 2. The van der Waals surface area contributed by atoms with Gasteiger partial charge in [0.2, 0.25) is 5.91 Å². The first-order valence-corrected chi connectivity index (χ1v) is 8.81. The summed E-state index contributed by atoms with van der Waals surface area (Å²) in [6.07, 6.45) is 4.31. The largest absolute Gasteiger partial charge is 0.480 e. The number of hydrogen-bond acceptors (Lipinski definition) is 4. The Labute approximate surface area is 148 Å². The number of nitrogens with one attached hydrogen (secondary N) is 1. The van der Waals surface area contributed by atoms with Crippen molar-refractivity contribution >= 4 is 18.0 Å². The molecule has 0 spiro atoms. The number of carboxylic acids is 1. The molecule has 25 heavy (non-hydrogen) atoms. The molecule has 2 saturated heterocycles. The van der Waals surface area contributed by atoms with Gasteiger partial charge in [0.25, 0.3) is 0 Å². The monoisotopic (exact) mass is 352 g/mol. The van der Waals surface area contributed by atoms with Crippen LogP contribution in [0.1, 0.15) is 59.8 Å². The highest BCUT2D eigenvalue weighted by molar-refractivity contribution is 5.90. The predicted octanol–water partition coefficient (Wildman–Crippen LogP) is 2.45. The molecule has 0 aromatic carbocycles. The second-order valence-corrected chi connectivity index (χ2v) is 7.72. The number of carbonyl (C=O) groups is 3. The summed E-state index contributed by atoms with van der Waals surface area (Å²) in [7, 11) is 0. The highest BCUT2D eigenvalue weighted by Gasteiger charge is 2.44. The Balaban J connectivity index is 2.22. The van der Waals surface area contributed by atoms with Crippen LogP contribution in [0.4, 0.5) is 4.79 Å². The van der Waals surface area contributed by atoms with E-state index in [0.717, 1.165) is 0 Å². The van der Waals surface area contributed by atoms with Crippen molar-refractivity contribution in [2.75, 3.05) is 0 Å². The maximum absolute atomic E-state index is 13.0. The number of ether oxygens (including phenoxy) is 1. The van der Waals surface area contributed by atoms with E-state index in [1.807, 2.05) is 13.0 Å². The van der Waals surface area contributed by atoms with Crippen LogP contribution in [-0.4, -0.2) is 51.7 Å². The van der Waals surface area contributed by atoms with E-state index < -0.39 is 29.7 Å². The van der Waals surface area contributed by atoms with Crippen LogP contribution in [0.2, 0.25) is 0 Å². The van der Waals surface area contributed by atoms with Gasteiger partial charge in [-0.1, -0.05) is 11.6 Å². The number of rotatable bonds is 2. The summed E-state index contributed by atoms with van der Waals surface area (Å²) in [5.41, 5.74) is 0.521. The molecule has 2 N–H and O–H groups in total. The molecule has 2 heterocycles. The van der Waals surface area contributed by atoms with E-state index in [0.29, 0.717) is 32.1 Å². The van der Waals surface area contributed by atoms with E-state index >= 15 is 0 Å². The van der Waals surface area contributed by atoms with Gasteiger partial charge in [-0.25, -0.2) is 9.59 Å². The zero-order valence-corrected chi connectivity index (χ0v) is 15.4. The van der Waals surface area contributed by atoms with Crippen LogP contribution in [0.3, 0.4) is 0 Å². The molecular weight excluding hydrogens is 324 g/mol. The predicted molar refractivity (Wildman–Crippen MR) is 92.1 cm³/mol. The van der Waals surface area contributed by atoms with Crippen molar-refractivity contribution in [3.05, 3.63) is 11.6 Å². The Kier molecular flexibility index (Phi) is 5.75.